The molecule has 1 atom stereocenters. The van der Waals surface area contributed by atoms with Crippen molar-refractivity contribution < 1.29 is 17.9 Å². The summed E-state index contributed by atoms with van der Waals surface area (Å²) in [5.74, 6) is 0.737. The van der Waals surface area contributed by atoms with Crippen molar-refractivity contribution in [3.8, 4) is 11.8 Å². The van der Waals surface area contributed by atoms with Crippen LogP contribution in [0.4, 0.5) is 13.2 Å². The van der Waals surface area contributed by atoms with Crippen molar-refractivity contribution in [1.82, 2.24) is 0 Å². The van der Waals surface area contributed by atoms with E-state index in [4.69, 9.17) is 4.74 Å². The molecule has 0 radical (unpaired) electrons. The molecule has 30 heavy (non-hydrogen) atoms. The summed E-state index contributed by atoms with van der Waals surface area (Å²) >= 11 is 0. The summed E-state index contributed by atoms with van der Waals surface area (Å²) < 4.78 is 43.7. The fourth-order valence-corrected chi connectivity index (χ4v) is 3.04. The molecule has 0 fully saturated rings. The van der Waals surface area contributed by atoms with Crippen LogP contribution >= 0.6 is 0 Å². The minimum Gasteiger partial charge on any atom is -0.497 e. The number of aliphatic imine (C=N–C) groups is 1. The van der Waals surface area contributed by atoms with Gasteiger partial charge in [-0.25, -0.2) is 0 Å². The first-order chi connectivity index (χ1) is 14.4. The molecular weight excluding hydrogens is 389 g/mol. The molecule has 3 nitrogen and oxygen atoms in total. The molecule has 3 aromatic rings. The van der Waals surface area contributed by atoms with Crippen LogP contribution < -0.4 is 4.74 Å². The van der Waals surface area contributed by atoms with Crippen LogP contribution in [0.25, 0.3) is 0 Å². The van der Waals surface area contributed by atoms with E-state index in [2.05, 4.69) is 4.99 Å². The Kier molecular flexibility index (Phi) is 6.53. The second-order valence-corrected chi connectivity index (χ2v) is 6.64. The molecule has 3 aromatic carbocycles. The lowest BCUT2D eigenvalue weighted by molar-refractivity contribution is -0.137. The summed E-state index contributed by atoms with van der Waals surface area (Å²) in [6.45, 7) is 0. The highest BCUT2D eigenvalue weighted by atomic mass is 19.4. The average molecular weight is 408 g/mol. The second kappa shape index (κ2) is 9.27. The Morgan fingerprint density at radius 2 is 1.60 bits per heavy atom. The molecular formula is C24H19F3N2O. The third kappa shape index (κ3) is 5.26. The summed E-state index contributed by atoms with van der Waals surface area (Å²) in [4.78, 5) is 4.61. The number of halogens is 3. The van der Waals surface area contributed by atoms with Gasteiger partial charge in [0.2, 0.25) is 0 Å². The lowest BCUT2D eigenvalue weighted by Crippen LogP contribution is -2.08. The number of alkyl halides is 3. The topological polar surface area (TPSA) is 45.4 Å². The summed E-state index contributed by atoms with van der Waals surface area (Å²) in [6, 6.07) is 23.2. The summed E-state index contributed by atoms with van der Waals surface area (Å²) in [6.07, 6.45) is -3.90. The summed E-state index contributed by atoms with van der Waals surface area (Å²) in [5, 5.41) is 9.62. The molecule has 6 heteroatoms. The van der Waals surface area contributed by atoms with Gasteiger partial charge in [-0.15, -0.1) is 0 Å². The highest BCUT2D eigenvalue weighted by Crippen LogP contribution is 2.30. The number of nitriles is 1. The highest BCUT2D eigenvalue weighted by molar-refractivity contribution is 6.11. The smallest absolute Gasteiger partial charge is 0.416 e. The first-order valence-electron chi connectivity index (χ1n) is 9.24. The number of ether oxygens (including phenoxy) is 1. The maximum absolute atomic E-state index is 12.8. The quantitative estimate of drug-likeness (QED) is 0.469. The molecule has 0 heterocycles. The molecule has 3 rings (SSSR count). The monoisotopic (exact) mass is 408 g/mol. The van der Waals surface area contributed by atoms with Gasteiger partial charge in [0, 0.05) is 5.56 Å². The van der Waals surface area contributed by atoms with E-state index in [1.54, 1.807) is 7.11 Å². The van der Waals surface area contributed by atoms with Crippen molar-refractivity contribution in [3.05, 3.63) is 101 Å². The summed E-state index contributed by atoms with van der Waals surface area (Å²) in [5.41, 5.74) is 1.58. The Hall–Kier alpha value is -3.59. The van der Waals surface area contributed by atoms with E-state index >= 15 is 0 Å². The van der Waals surface area contributed by atoms with Gasteiger partial charge < -0.3 is 4.74 Å². The Bertz CT molecular complexity index is 1040. The first-order valence-corrected chi connectivity index (χ1v) is 9.24. The predicted molar refractivity (Wildman–Crippen MR) is 109 cm³/mol. The normalized spacial score (nSPS) is 12.8. The first kappa shape index (κ1) is 21.1. The van der Waals surface area contributed by atoms with Crippen molar-refractivity contribution >= 4 is 5.71 Å². The van der Waals surface area contributed by atoms with E-state index in [0.29, 0.717) is 12.0 Å². The number of benzene rings is 3. The van der Waals surface area contributed by atoms with Gasteiger partial charge in [0.05, 0.1) is 18.7 Å². The van der Waals surface area contributed by atoms with Crippen LogP contribution in [-0.4, -0.2) is 12.8 Å². The van der Waals surface area contributed by atoms with Crippen molar-refractivity contribution in [2.24, 2.45) is 4.99 Å². The van der Waals surface area contributed by atoms with Crippen LogP contribution in [0.1, 0.15) is 28.3 Å². The minimum atomic E-state index is -4.43. The molecule has 152 valence electrons. The molecule has 0 aromatic heterocycles. The van der Waals surface area contributed by atoms with Crippen LogP contribution in [0, 0.1) is 11.3 Å². The Morgan fingerprint density at radius 1 is 0.967 bits per heavy atom. The predicted octanol–water partition coefficient (Wildman–Crippen LogP) is 6.01. The highest BCUT2D eigenvalue weighted by Gasteiger charge is 2.30. The van der Waals surface area contributed by atoms with Gasteiger partial charge in [0.1, 0.15) is 17.5 Å². The third-order valence-corrected chi connectivity index (χ3v) is 4.65. The van der Waals surface area contributed by atoms with E-state index in [0.717, 1.165) is 29.0 Å². The zero-order valence-electron chi connectivity index (χ0n) is 16.2. The number of nitrogens with zero attached hydrogens (tertiary/aromatic N) is 2. The fourth-order valence-electron chi connectivity index (χ4n) is 3.04. The fraction of sp³-hybridized carbons (Fsp3) is 0.167. The molecule has 0 aliphatic rings. The third-order valence-electron chi connectivity index (χ3n) is 4.65. The number of hydrogen-bond donors (Lipinski definition) is 0. The Labute approximate surface area is 173 Å². The van der Waals surface area contributed by atoms with Crippen molar-refractivity contribution in [2.45, 2.75) is 18.6 Å². The van der Waals surface area contributed by atoms with Gasteiger partial charge >= 0.3 is 6.18 Å². The maximum atomic E-state index is 12.8. The van der Waals surface area contributed by atoms with E-state index in [-0.39, 0.29) is 11.8 Å². The molecule has 0 bridgehead atoms. The van der Waals surface area contributed by atoms with Gasteiger partial charge in [-0.2, -0.15) is 18.4 Å². The minimum absolute atomic E-state index is 0.0890. The lowest BCUT2D eigenvalue weighted by Gasteiger charge is -2.15. The van der Waals surface area contributed by atoms with Crippen LogP contribution in [0.2, 0.25) is 0 Å². The number of methoxy groups -OCH3 is 1. The Balaban J connectivity index is 1.95. The number of rotatable bonds is 6. The standard InChI is InChI=1S/C24H19F3N2O/c1-30-21-13-7-17(8-14-21)15-22(18-5-3-2-4-6-18)29-23(16-28)19-9-11-20(12-10-19)24(25,26)27/h2-14,22H,15H2,1H3/t22-/m1/s1. The van der Waals surface area contributed by atoms with E-state index in [9.17, 15) is 18.4 Å². The molecule has 0 aliphatic heterocycles. The SMILES string of the molecule is COc1ccc(C[C@@H](N=C(C#N)c2ccc(C(F)(F)F)cc2)c2ccccc2)cc1. The zero-order valence-corrected chi connectivity index (χ0v) is 16.2. The largest absolute Gasteiger partial charge is 0.497 e. The maximum Gasteiger partial charge on any atom is 0.416 e. The molecule has 0 aliphatic carbocycles. The molecule has 0 amide bonds. The molecule has 0 saturated heterocycles. The lowest BCUT2D eigenvalue weighted by atomic mass is 9.98. The molecule has 0 N–H and O–H groups in total. The van der Waals surface area contributed by atoms with Crippen molar-refractivity contribution in [3.63, 3.8) is 0 Å². The van der Waals surface area contributed by atoms with Gasteiger partial charge in [-0.3, -0.25) is 4.99 Å². The van der Waals surface area contributed by atoms with E-state index in [1.165, 1.54) is 12.1 Å². The average Bonchev–Trinajstić information content (AvgIpc) is 2.77. The van der Waals surface area contributed by atoms with E-state index < -0.39 is 11.7 Å². The van der Waals surface area contributed by atoms with Crippen LogP contribution in [0.3, 0.4) is 0 Å². The van der Waals surface area contributed by atoms with Crippen LogP contribution in [-0.2, 0) is 12.6 Å². The molecule has 0 unspecified atom stereocenters. The van der Waals surface area contributed by atoms with Crippen molar-refractivity contribution in [2.75, 3.05) is 7.11 Å². The zero-order chi connectivity index (χ0) is 21.6. The van der Waals surface area contributed by atoms with Crippen LogP contribution in [0.15, 0.2) is 83.9 Å². The molecule has 0 saturated carbocycles. The van der Waals surface area contributed by atoms with Gasteiger partial charge in [-0.05, 0) is 41.8 Å². The Morgan fingerprint density at radius 3 is 2.13 bits per heavy atom. The van der Waals surface area contributed by atoms with Gasteiger partial charge in [-0.1, -0.05) is 54.6 Å². The summed E-state index contributed by atoms with van der Waals surface area (Å²) in [7, 11) is 1.59. The van der Waals surface area contributed by atoms with Gasteiger partial charge in [0.25, 0.3) is 0 Å². The second-order valence-electron chi connectivity index (χ2n) is 6.64. The van der Waals surface area contributed by atoms with E-state index in [1.807, 2.05) is 60.7 Å². The molecule has 0 spiro atoms. The van der Waals surface area contributed by atoms with Crippen molar-refractivity contribution in [1.29, 1.82) is 5.26 Å². The number of hydrogen-bond acceptors (Lipinski definition) is 3. The van der Waals surface area contributed by atoms with Crippen LogP contribution in [0.5, 0.6) is 5.75 Å². The van der Waals surface area contributed by atoms with Gasteiger partial charge in [0.15, 0.2) is 0 Å².